The van der Waals surface area contributed by atoms with Gasteiger partial charge in [0.05, 0.1) is 18.3 Å². The van der Waals surface area contributed by atoms with E-state index in [1.54, 1.807) is 0 Å². The summed E-state index contributed by atoms with van der Waals surface area (Å²) in [4.78, 5) is 14.2. The number of hydrogen-bond acceptors (Lipinski definition) is 3. The number of amides is 1. The number of nitrogens with one attached hydrogen (secondary N) is 1. The summed E-state index contributed by atoms with van der Waals surface area (Å²) in [5.41, 5.74) is 0. The van der Waals surface area contributed by atoms with Crippen molar-refractivity contribution in [2.24, 2.45) is 5.92 Å². The van der Waals surface area contributed by atoms with Gasteiger partial charge in [-0.05, 0) is 38.5 Å². The van der Waals surface area contributed by atoms with E-state index in [2.05, 4.69) is 26.1 Å². The van der Waals surface area contributed by atoms with E-state index >= 15 is 0 Å². The highest BCUT2D eigenvalue weighted by Crippen LogP contribution is 2.20. The topological polar surface area (TPSA) is 41.6 Å². The van der Waals surface area contributed by atoms with E-state index in [4.69, 9.17) is 4.74 Å². The lowest BCUT2D eigenvalue weighted by atomic mass is 10.0. The van der Waals surface area contributed by atoms with Crippen molar-refractivity contribution in [2.75, 3.05) is 13.2 Å². The Hall–Kier alpha value is -0.610. The van der Waals surface area contributed by atoms with Crippen LogP contribution in [0.25, 0.3) is 0 Å². The van der Waals surface area contributed by atoms with E-state index in [9.17, 15) is 4.79 Å². The minimum absolute atomic E-state index is 0.00715. The molecule has 18 heavy (non-hydrogen) atoms. The summed E-state index contributed by atoms with van der Waals surface area (Å²) in [6, 6.07) is -0.00715. The van der Waals surface area contributed by atoms with Crippen LogP contribution in [0.1, 0.15) is 46.5 Å². The Bertz CT molecular complexity index is 288. The van der Waals surface area contributed by atoms with Crippen molar-refractivity contribution in [3.05, 3.63) is 0 Å². The molecular formula is C14H26N2O2. The number of rotatable bonds is 4. The molecule has 3 unspecified atom stereocenters. The van der Waals surface area contributed by atoms with E-state index in [1.807, 2.05) is 4.90 Å². The molecular weight excluding hydrogens is 228 g/mol. The molecule has 0 aliphatic carbocycles. The highest BCUT2D eigenvalue weighted by molar-refractivity contribution is 5.84. The van der Waals surface area contributed by atoms with Crippen molar-refractivity contribution in [2.45, 2.75) is 64.8 Å². The van der Waals surface area contributed by atoms with E-state index < -0.39 is 0 Å². The summed E-state index contributed by atoms with van der Waals surface area (Å²) >= 11 is 0. The molecule has 1 amide bonds. The second-order valence-electron chi connectivity index (χ2n) is 5.87. The number of ether oxygens (including phenoxy) is 1. The number of carbonyl (C=O) groups excluding carboxylic acids is 1. The zero-order valence-corrected chi connectivity index (χ0v) is 11.8. The third-order valence-corrected chi connectivity index (χ3v) is 4.07. The maximum absolute atomic E-state index is 12.3. The van der Waals surface area contributed by atoms with Gasteiger partial charge in [-0.3, -0.25) is 10.1 Å². The van der Waals surface area contributed by atoms with Crippen LogP contribution in [-0.2, 0) is 9.53 Å². The molecule has 0 aromatic heterocycles. The van der Waals surface area contributed by atoms with Gasteiger partial charge in [-0.25, -0.2) is 0 Å². The zero-order chi connectivity index (χ0) is 13.1. The monoisotopic (exact) mass is 254 g/mol. The van der Waals surface area contributed by atoms with Gasteiger partial charge in [-0.2, -0.15) is 0 Å². The van der Waals surface area contributed by atoms with Gasteiger partial charge < -0.3 is 9.64 Å². The Labute approximate surface area is 110 Å². The first-order valence-corrected chi connectivity index (χ1v) is 7.27. The average molecular weight is 254 g/mol. The van der Waals surface area contributed by atoms with Gasteiger partial charge in [0.25, 0.3) is 0 Å². The molecule has 0 radical (unpaired) electrons. The maximum Gasteiger partial charge on any atom is 0.241 e. The van der Waals surface area contributed by atoms with Crippen LogP contribution >= 0.6 is 0 Å². The van der Waals surface area contributed by atoms with Crippen LogP contribution in [0.4, 0.5) is 0 Å². The fourth-order valence-electron chi connectivity index (χ4n) is 2.89. The molecule has 0 bridgehead atoms. The Balaban J connectivity index is 1.83. The van der Waals surface area contributed by atoms with Crippen LogP contribution in [0.5, 0.6) is 0 Å². The van der Waals surface area contributed by atoms with Crippen LogP contribution < -0.4 is 5.32 Å². The molecule has 2 rings (SSSR count). The van der Waals surface area contributed by atoms with Gasteiger partial charge in [0, 0.05) is 13.2 Å². The summed E-state index contributed by atoms with van der Waals surface area (Å²) in [7, 11) is 0. The molecule has 0 aromatic rings. The van der Waals surface area contributed by atoms with Gasteiger partial charge in [0.2, 0.25) is 5.91 Å². The van der Waals surface area contributed by atoms with Crippen molar-refractivity contribution in [1.82, 2.24) is 10.2 Å². The van der Waals surface area contributed by atoms with Gasteiger partial charge in [-0.15, -0.1) is 0 Å². The molecule has 4 nitrogen and oxygen atoms in total. The predicted molar refractivity (Wildman–Crippen MR) is 71.1 cm³/mol. The zero-order valence-electron chi connectivity index (χ0n) is 11.8. The van der Waals surface area contributed by atoms with Gasteiger partial charge in [0.1, 0.15) is 0 Å². The third kappa shape index (κ3) is 3.04. The lowest BCUT2D eigenvalue weighted by molar-refractivity contribution is -0.131. The van der Waals surface area contributed by atoms with Crippen LogP contribution in [0.3, 0.4) is 0 Å². The standard InChI is InChI=1S/C14H26N2O2/c1-10(2)13-14(17)16(11(3)15-13)8-7-12-6-4-5-9-18-12/h10-13,15H,4-9H2,1-3H3. The molecule has 2 aliphatic rings. The summed E-state index contributed by atoms with van der Waals surface area (Å²) in [6.07, 6.45) is 5.10. The fourth-order valence-corrected chi connectivity index (χ4v) is 2.89. The lowest BCUT2D eigenvalue weighted by Crippen LogP contribution is -2.37. The Morgan fingerprint density at radius 3 is 2.78 bits per heavy atom. The molecule has 2 fully saturated rings. The van der Waals surface area contributed by atoms with Crippen LogP contribution in [0.2, 0.25) is 0 Å². The van der Waals surface area contributed by atoms with Crippen molar-refractivity contribution < 1.29 is 9.53 Å². The largest absolute Gasteiger partial charge is 0.378 e. The quantitative estimate of drug-likeness (QED) is 0.831. The molecule has 0 aromatic carbocycles. The second-order valence-corrected chi connectivity index (χ2v) is 5.87. The van der Waals surface area contributed by atoms with Gasteiger partial charge in [0.15, 0.2) is 0 Å². The summed E-state index contributed by atoms with van der Waals surface area (Å²) in [6.45, 7) is 7.97. The van der Waals surface area contributed by atoms with Crippen molar-refractivity contribution in [3.63, 3.8) is 0 Å². The van der Waals surface area contributed by atoms with Crippen molar-refractivity contribution in [1.29, 1.82) is 0 Å². The average Bonchev–Trinajstić information content (AvgIpc) is 2.64. The Morgan fingerprint density at radius 1 is 1.44 bits per heavy atom. The summed E-state index contributed by atoms with van der Waals surface area (Å²) < 4.78 is 5.72. The van der Waals surface area contributed by atoms with Gasteiger partial charge in [-0.1, -0.05) is 13.8 Å². The molecule has 0 spiro atoms. The predicted octanol–water partition coefficient (Wildman–Crippen LogP) is 1.75. The summed E-state index contributed by atoms with van der Waals surface area (Å²) in [5.74, 6) is 0.615. The summed E-state index contributed by atoms with van der Waals surface area (Å²) in [5, 5.41) is 3.38. The number of nitrogens with zero attached hydrogens (tertiary/aromatic N) is 1. The van der Waals surface area contributed by atoms with Gasteiger partial charge >= 0.3 is 0 Å². The SMILES string of the molecule is CC(C)C1NC(C)N(CCC2CCCCO2)C1=O. The smallest absolute Gasteiger partial charge is 0.241 e. The Morgan fingerprint density at radius 2 is 2.22 bits per heavy atom. The molecule has 1 N–H and O–H groups in total. The van der Waals surface area contributed by atoms with E-state index in [0.29, 0.717) is 12.0 Å². The molecule has 104 valence electrons. The van der Waals surface area contributed by atoms with Crippen LogP contribution in [-0.4, -0.2) is 42.3 Å². The number of carbonyl (C=O) groups is 1. The highest BCUT2D eigenvalue weighted by Gasteiger charge is 2.37. The van der Waals surface area contributed by atoms with Crippen LogP contribution in [0, 0.1) is 5.92 Å². The van der Waals surface area contributed by atoms with E-state index in [0.717, 1.165) is 26.0 Å². The first kappa shape index (κ1) is 13.8. The van der Waals surface area contributed by atoms with E-state index in [1.165, 1.54) is 12.8 Å². The number of hydrogen-bond donors (Lipinski definition) is 1. The lowest BCUT2D eigenvalue weighted by Gasteiger charge is -2.26. The fraction of sp³-hybridized carbons (Fsp3) is 0.929. The Kier molecular flexibility index (Phi) is 4.62. The van der Waals surface area contributed by atoms with Crippen molar-refractivity contribution in [3.8, 4) is 0 Å². The molecule has 0 saturated carbocycles. The molecule has 3 atom stereocenters. The minimum Gasteiger partial charge on any atom is -0.378 e. The van der Waals surface area contributed by atoms with E-state index in [-0.39, 0.29) is 18.1 Å². The molecule has 4 heteroatoms. The van der Waals surface area contributed by atoms with Crippen LogP contribution in [0.15, 0.2) is 0 Å². The second kappa shape index (κ2) is 6.02. The normalized spacial score (nSPS) is 33.4. The first-order valence-electron chi connectivity index (χ1n) is 7.27. The minimum atomic E-state index is -0.00715. The maximum atomic E-state index is 12.3. The van der Waals surface area contributed by atoms with Crippen molar-refractivity contribution >= 4 is 5.91 Å². The molecule has 2 saturated heterocycles. The third-order valence-electron chi connectivity index (χ3n) is 4.07. The first-order chi connectivity index (χ1) is 8.59. The molecule has 2 heterocycles. The molecule has 2 aliphatic heterocycles. The highest BCUT2D eigenvalue weighted by atomic mass is 16.5.